The summed E-state index contributed by atoms with van der Waals surface area (Å²) in [5.41, 5.74) is 1.81. The number of hydrogen-bond acceptors (Lipinski definition) is 3. The number of hydrogen-bond donors (Lipinski definition) is 2. The van der Waals surface area contributed by atoms with Crippen molar-refractivity contribution in [2.75, 3.05) is 13.2 Å². The maximum Gasteiger partial charge on any atom is 0.220 e. The molecule has 1 aliphatic heterocycles. The highest BCUT2D eigenvalue weighted by molar-refractivity contribution is 6.30. The Bertz CT molecular complexity index is 702. The van der Waals surface area contributed by atoms with Gasteiger partial charge in [-0.25, -0.2) is 0 Å². The molecule has 126 valence electrons. The van der Waals surface area contributed by atoms with E-state index in [9.17, 15) is 9.90 Å². The largest absolute Gasteiger partial charge is 0.493 e. The molecule has 5 heteroatoms. The normalized spacial score (nSPS) is 17.5. The minimum absolute atomic E-state index is 0.0651. The lowest BCUT2D eigenvalue weighted by Gasteiger charge is -2.25. The van der Waals surface area contributed by atoms with Crippen molar-refractivity contribution >= 4 is 17.5 Å². The maximum absolute atomic E-state index is 12.2. The predicted octanol–water partition coefficient (Wildman–Crippen LogP) is 3.45. The van der Waals surface area contributed by atoms with E-state index < -0.39 is 6.10 Å². The molecule has 0 saturated carbocycles. The second kappa shape index (κ2) is 7.69. The summed E-state index contributed by atoms with van der Waals surface area (Å²) in [6.45, 7) is 0.813. The Morgan fingerprint density at radius 2 is 2.00 bits per heavy atom. The first kappa shape index (κ1) is 16.8. The Balaban J connectivity index is 1.54. The molecule has 2 aromatic rings. The van der Waals surface area contributed by atoms with Crippen LogP contribution in [0.15, 0.2) is 48.5 Å². The van der Waals surface area contributed by atoms with Gasteiger partial charge in [0.15, 0.2) is 0 Å². The van der Waals surface area contributed by atoms with Gasteiger partial charge in [0.05, 0.1) is 12.7 Å². The minimum Gasteiger partial charge on any atom is -0.493 e. The van der Waals surface area contributed by atoms with Crippen molar-refractivity contribution in [3.05, 3.63) is 64.7 Å². The van der Waals surface area contributed by atoms with Crippen LogP contribution in [0.2, 0.25) is 5.02 Å². The number of aliphatic hydroxyl groups excluding tert-OH is 1. The number of fused-ring (bicyclic) bond motifs is 1. The summed E-state index contributed by atoms with van der Waals surface area (Å²) < 4.78 is 5.62. The number of amides is 1. The van der Waals surface area contributed by atoms with Crippen molar-refractivity contribution in [2.45, 2.75) is 24.9 Å². The first-order chi connectivity index (χ1) is 11.6. The molecular formula is C19H20ClNO3. The first-order valence-corrected chi connectivity index (χ1v) is 8.43. The van der Waals surface area contributed by atoms with Crippen LogP contribution < -0.4 is 10.1 Å². The third-order valence-electron chi connectivity index (χ3n) is 4.26. The lowest BCUT2D eigenvalue weighted by molar-refractivity contribution is -0.122. The summed E-state index contributed by atoms with van der Waals surface area (Å²) in [4.78, 5) is 12.2. The second-order valence-electron chi connectivity index (χ2n) is 5.95. The molecule has 0 saturated heterocycles. The third-order valence-corrected chi connectivity index (χ3v) is 4.51. The molecule has 0 radical (unpaired) electrons. The second-order valence-corrected chi connectivity index (χ2v) is 6.38. The van der Waals surface area contributed by atoms with E-state index in [0.717, 1.165) is 23.3 Å². The van der Waals surface area contributed by atoms with Crippen LogP contribution in [0.4, 0.5) is 0 Å². The van der Waals surface area contributed by atoms with Crippen molar-refractivity contribution in [1.82, 2.24) is 5.32 Å². The Morgan fingerprint density at radius 1 is 1.25 bits per heavy atom. The van der Waals surface area contributed by atoms with Crippen LogP contribution in [-0.4, -0.2) is 24.2 Å². The predicted molar refractivity (Wildman–Crippen MR) is 93.3 cm³/mol. The molecule has 2 atom stereocenters. The molecule has 0 spiro atoms. The van der Waals surface area contributed by atoms with E-state index >= 15 is 0 Å². The fraction of sp³-hybridized carbons (Fsp3) is 0.316. The molecule has 24 heavy (non-hydrogen) atoms. The molecule has 2 unspecified atom stereocenters. The van der Waals surface area contributed by atoms with Gasteiger partial charge in [0, 0.05) is 18.0 Å². The lowest BCUT2D eigenvalue weighted by atomic mass is 9.90. The summed E-state index contributed by atoms with van der Waals surface area (Å²) >= 11 is 5.83. The van der Waals surface area contributed by atoms with Gasteiger partial charge in [0.2, 0.25) is 5.91 Å². The van der Waals surface area contributed by atoms with Gasteiger partial charge < -0.3 is 15.2 Å². The molecule has 0 fully saturated rings. The quantitative estimate of drug-likeness (QED) is 0.872. The van der Waals surface area contributed by atoms with Crippen molar-refractivity contribution < 1.29 is 14.6 Å². The van der Waals surface area contributed by atoms with Crippen LogP contribution in [-0.2, 0) is 4.79 Å². The number of ether oxygens (including phenoxy) is 1. The Labute approximate surface area is 146 Å². The van der Waals surface area contributed by atoms with E-state index in [2.05, 4.69) is 5.32 Å². The summed E-state index contributed by atoms with van der Waals surface area (Å²) in [5.74, 6) is 0.954. The highest BCUT2D eigenvalue weighted by atomic mass is 35.5. The van der Waals surface area contributed by atoms with E-state index in [1.165, 1.54) is 0 Å². The van der Waals surface area contributed by atoms with Crippen molar-refractivity contribution in [3.8, 4) is 5.75 Å². The Hall–Kier alpha value is -2.04. The number of para-hydroxylation sites is 1. The van der Waals surface area contributed by atoms with Gasteiger partial charge >= 0.3 is 0 Å². The number of benzene rings is 2. The highest BCUT2D eigenvalue weighted by Gasteiger charge is 2.23. The lowest BCUT2D eigenvalue weighted by Crippen LogP contribution is -2.30. The summed E-state index contributed by atoms with van der Waals surface area (Å²) in [6, 6.07) is 14.8. The standard InChI is InChI=1S/C19H20ClNO3/c20-15-7-5-13(6-8-15)17(22)12-21-19(23)11-14-9-10-24-18-4-2-1-3-16(14)18/h1-8,14,17,22H,9-12H2,(H,21,23). The van der Waals surface area contributed by atoms with Gasteiger partial charge in [-0.1, -0.05) is 41.9 Å². The van der Waals surface area contributed by atoms with Crippen molar-refractivity contribution in [2.24, 2.45) is 0 Å². The van der Waals surface area contributed by atoms with Crippen LogP contribution in [0.25, 0.3) is 0 Å². The Kier molecular flexibility index (Phi) is 5.38. The molecule has 0 aromatic heterocycles. The van der Waals surface area contributed by atoms with Crippen molar-refractivity contribution in [1.29, 1.82) is 0 Å². The monoisotopic (exact) mass is 345 g/mol. The average Bonchev–Trinajstić information content (AvgIpc) is 2.61. The zero-order valence-corrected chi connectivity index (χ0v) is 14.0. The first-order valence-electron chi connectivity index (χ1n) is 8.05. The molecule has 1 amide bonds. The van der Waals surface area contributed by atoms with Gasteiger partial charge in [-0.3, -0.25) is 4.79 Å². The number of carbonyl (C=O) groups is 1. The van der Waals surface area contributed by atoms with Crippen LogP contribution >= 0.6 is 11.6 Å². The molecule has 0 aliphatic carbocycles. The van der Waals surface area contributed by atoms with Crippen LogP contribution in [0.3, 0.4) is 0 Å². The number of carbonyl (C=O) groups excluding carboxylic acids is 1. The topological polar surface area (TPSA) is 58.6 Å². The number of rotatable bonds is 5. The Morgan fingerprint density at radius 3 is 2.79 bits per heavy atom. The van der Waals surface area contributed by atoms with E-state index in [1.807, 2.05) is 24.3 Å². The number of halogens is 1. The fourth-order valence-corrected chi connectivity index (χ4v) is 3.06. The van der Waals surface area contributed by atoms with E-state index in [4.69, 9.17) is 16.3 Å². The SMILES string of the molecule is O=C(CC1CCOc2ccccc21)NCC(O)c1ccc(Cl)cc1. The van der Waals surface area contributed by atoms with E-state index in [0.29, 0.717) is 18.1 Å². The maximum atomic E-state index is 12.2. The average molecular weight is 346 g/mol. The van der Waals surface area contributed by atoms with Crippen molar-refractivity contribution in [3.63, 3.8) is 0 Å². The highest BCUT2D eigenvalue weighted by Crippen LogP contribution is 2.35. The molecule has 4 nitrogen and oxygen atoms in total. The third kappa shape index (κ3) is 4.08. The van der Waals surface area contributed by atoms with E-state index in [-0.39, 0.29) is 18.4 Å². The molecule has 0 bridgehead atoms. The summed E-state index contributed by atoms with van der Waals surface area (Å²) in [7, 11) is 0. The van der Waals surface area contributed by atoms with E-state index in [1.54, 1.807) is 24.3 Å². The zero-order valence-electron chi connectivity index (χ0n) is 13.2. The zero-order chi connectivity index (χ0) is 16.9. The number of aliphatic hydroxyl groups is 1. The molecule has 2 N–H and O–H groups in total. The van der Waals surface area contributed by atoms with Gasteiger partial charge in [0.25, 0.3) is 0 Å². The van der Waals surface area contributed by atoms with Crippen LogP contribution in [0.1, 0.15) is 36.0 Å². The summed E-state index contributed by atoms with van der Waals surface area (Å²) in [6.07, 6.45) is 0.478. The molecule has 1 aliphatic rings. The molecule has 2 aromatic carbocycles. The van der Waals surface area contributed by atoms with Gasteiger partial charge in [-0.2, -0.15) is 0 Å². The number of nitrogens with one attached hydrogen (secondary N) is 1. The smallest absolute Gasteiger partial charge is 0.220 e. The summed E-state index contributed by atoms with van der Waals surface area (Å²) in [5, 5.41) is 13.6. The van der Waals surface area contributed by atoms with Gasteiger partial charge in [-0.15, -0.1) is 0 Å². The van der Waals surface area contributed by atoms with Crippen LogP contribution in [0.5, 0.6) is 5.75 Å². The van der Waals surface area contributed by atoms with Gasteiger partial charge in [0.1, 0.15) is 5.75 Å². The fourth-order valence-electron chi connectivity index (χ4n) is 2.94. The molecule has 1 heterocycles. The van der Waals surface area contributed by atoms with Gasteiger partial charge in [-0.05, 0) is 41.7 Å². The van der Waals surface area contributed by atoms with Crippen LogP contribution in [0, 0.1) is 0 Å². The molecular weight excluding hydrogens is 326 g/mol. The molecule has 3 rings (SSSR count). The minimum atomic E-state index is -0.742.